The molecule has 140 valence electrons. The molecule has 0 aliphatic rings. The van der Waals surface area contributed by atoms with E-state index < -0.39 is 9.96 Å². The Bertz CT molecular complexity index is 892. The molecular weight excluding hydrogens is 358 g/mol. The number of nitrogens with zero attached hydrogens (tertiary/aromatic N) is 6. The monoisotopic (exact) mass is 373 g/mol. The third-order valence-electron chi connectivity index (χ3n) is 3.18. The summed E-state index contributed by atoms with van der Waals surface area (Å²) in [5, 5.41) is 22.6. The van der Waals surface area contributed by atoms with Crippen molar-refractivity contribution >= 4 is 11.9 Å². The molecule has 1 N–H and O–H groups in total. The van der Waals surface area contributed by atoms with E-state index in [4.69, 9.17) is 0 Å². The van der Waals surface area contributed by atoms with Crippen LogP contribution in [0.5, 0.6) is 0 Å². The zero-order chi connectivity index (χ0) is 19.6. The number of hydrogen-bond donors (Lipinski definition) is 1. The highest BCUT2D eigenvalue weighted by atomic mass is 16.7. The number of nitrogens with one attached hydrogen (secondary N) is 1. The van der Waals surface area contributed by atoms with Crippen molar-refractivity contribution in [1.82, 2.24) is 24.5 Å². The van der Waals surface area contributed by atoms with Gasteiger partial charge in [0.2, 0.25) is 0 Å². The van der Waals surface area contributed by atoms with E-state index >= 15 is 0 Å². The second-order valence-corrected chi connectivity index (χ2v) is 5.06. The van der Waals surface area contributed by atoms with Gasteiger partial charge in [0.05, 0.1) is 12.4 Å². The minimum Gasteiger partial charge on any atom is -0.390 e. The van der Waals surface area contributed by atoms with Gasteiger partial charge in [-0.1, -0.05) is 40.0 Å². The van der Waals surface area contributed by atoms with Crippen LogP contribution in [0.4, 0.5) is 5.95 Å². The molecule has 0 saturated heterocycles. The summed E-state index contributed by atoms with van der Waals surface area (Å²) < 4.78 is 1.97. The lowest BCUT2D eigenvalue weighted by Gasteiger charge is -2.05. The number of aromatic nitrogens is 4. The van der Waals surface area contributed by atoms with E-state index in [1.165, 1.54) is 29.4 Å². The Morgan fingerprint density at radius 1 is 1.11 bits per heavy atom. The number of carbonyl (C=O) groups excluding carboxylic acids is 1. The van der Waals surface area contributed by atoms with Crippen LogP contribution in [-0.4, -0.2) is 35.1 Å². The van der Waals surface area contributed by atoms with Gasteiger partial charge < -0.3 is 15.4 Å². The Kier molecular flexibility index (Phi) is 6.70. The van der Waals surface area contributed by atoms with Crippen LogP contribution in [0.25, 0.3) is 0 Å². The van der Waals surface area contributed by atoms with Gasteiger partial charge in [-0.05, 0) is 10.5 Å². The number of hydrogen-bond acceptors (Lipinski definition) is 7. The number of benzene rings is 1. The molecule has 0 aliphatic carbocycles. The van der Waals surface area contributed by atoms with Gasteiger partial charge in [0.15, 0.2) is 17.9 Å². The maximum atomic E-state index is 11.7. The minimum absolute atomic E-state index is 0.122. The summed E-state index contributed by atoms with van der Waals surface area (Å²) in [6.45, 7) is 0.269. The number of imidazole rings is 2. The first-order chi connectivity index (χ1) is 13.0. The number of rotatable bonds is 6. The van der Waals surface area contributed by atoms with Crippen molar-refractivity contribution in [2.24, 2.45) is 0 Å². The van der Waals surface area contributed by atoms with Crippen LogP contribution in [0.15, 0.2) is 61.4 Å². The first-order valence-corrected chi connectivity index (χ1v) is 7.56. The molecule has 0 spiro atoms. The lowest BCUT2D eigenvalue weighted by molar-refractivity contribution is -0.542. The highest BCUT2D eigenvalue weighted by Crippen LogP contribution is 2.06. The van der Waals surface area contributed by atoms with Gasteiger partial charge in [-0.2, -0.15) is 0 Å². The largest absolute Gasteiger partial charge is 0.435 e. The van der Waals surface area contributed by atoms with Gasteiger partial charge in [-0.25, -0.2) is 19.7 Å². The summed E-state index contributed by atoms with van der Waals surface area (Å²) >= 11 is 0. The summed E-state index contributed by atoms with van der Waals surface area (Å²) in [4.78, 5) is 38.5. The van der Waals surface area contributed by atoms with Gasteiger partial charge in [0.25, 0.3) is 5.91 Å². The van der Waals surface area contributed by atoms with Crippen LogP contribution in [0, 0.1) is 20.2 Å². The van der Waals surface area contributed by atoms with E-state index in [0.29, 0.717) is 6.54 Å². The van der Waals surface area contributed by atoms with Crippen molar-refractivity contribution in [2.75, 3.05) is 0 Å². The molecule has 0 radical (unpaired) electrons. The molecular formula is C15H15N7O5. The molecule has 3 aromatic rings. The fourth-order valence-corrected chi connectivity index (χ4v) is 1.95. The SMILES string of the molecule is O=C(Cn1ccnc1[N+](=O)[O-])NCc1ccccc1.O=[N+]([O-])n1ccnc1. The Balaban J connectivity index is 0.000000273. The predicted octanol–water partition coefficient (Wildman–Crippen LogP) is 1.03. The first-order valence-electron chi connectivity index (χ1n) is 7.56. The number of amides is 1. The number of carbonyl (C=O) groups is 1. The molecule has 0 atom stereocenters. The van der Waals surface area contributed by atoms with E-state index in [9.17, 15) is 25.0 Å². The molecule has 0 unspecified atom stereocenters. The molecule has 1 amide bonds. The maximum absolute atomic E-state index is 11.7. The third-order valence-corrected chi connectivity index (χ3v) is 3.18. The van der Waals surface area contributed by atoms with Crippen molar-refractivity contribution < 1.29 is 14.8 Å². The summed E-state index contributed by atoms with van der Waals surface area (Å²) in [5.41, 5.74) is 0.969. The Hall–Kier alpha value is -4.09. The Morgan fingerprint density at radius 3 is 2.41 bits per heavy atom. The fourth-order valence-electron chi connectivity index (χ4n) is 1.95. The van der Waals surface area contributed by atoms with E-state index in [0.717, 1.165) is 16.6 Å². The maximum Gasteiger partial charge on any atom is 0.435 e. The van der Waals surface area contributed by atoms with Gasteiger partial charge in [-0.15, -0.1) is 0 Å². The van der Waals surface area contributed by atoms with Crippen molar-refractivity contribution in [3.63, 3.8) is 0 Å². The van der Waals surface area contributed by atoms with Gasteiger partial charge in [0.1, 0.15) is 12.4 Å². The van der Waals surface area contributed by atoms with E-state index in [-0.39, 0.29) is 18.4 Å². The Labute approximate surface area is 152 Å². The average Bonchev–Trinajstić information content (AvgIpc) is 3.33. The molecule has 2 aromatic heterocycles. The average molecular weight is 373 g/mol. The highest BCUT2D eigenvalue weighted by molar-refractivity contribution is 5.75. The summed E-state index contributed by atoms with van der Waals surface area (Å²) in [6.07, 6.45) is 6.44. The molecule has 0 fully saturated rings. The molecule has 12 heteroatoms. The van der Waals surface area contributed by atoms with Crippen LogP contribution in [-0.2, 0) is 17.9 Å². The first kappa shape index (κ1) is 19.2. The van der Waals surface area contributed by atoms with Crippen LogP contribution in [0.2, 0.25) is 0 Å². The van der Waals surface area contributed by atoms with E-state index in [1.807, 2.05) is 30.3 Å². The van der Waals surface area contributed by atoms with Gasteiger partial charge in [-0.3, -0.25) is 4.79 Å². The normalized spacial score (nSPS) is 9.78. The predicted molar refractivity (Wildman–Crippen MR) is 91.8 cm³/mol. The van der Waals surface area contributed by atoms with Crippen molar-refractivity contribution in [3.05, 3.63) is 87.2 Å². The summed E-state index contributed by atoms with van der Waals surface area (Å²) in [6, 6.07) is 9.42. The zero-order valence-electron chi connectivity index (χ0n) is 13.9. The second kappa shape index (κ2) is 9.41. The van der Waals surface area contributed by atoms with E-state index in [1.54, 1.807) is 0 Å². The molecule has 0 saturated carbocycles. The summed E-state index contributed by atoms with van der Waals surface area (Å²) in [5.74, 6) is -0.639. The topological polar surface area (TPSA) is 151 Å². The highest BCUT2D eigenvalue weighted by Gasteiger charge is 2.16. The van der Waals surface area contributed by atoms with Crippen LogP contribution < -0.4 is 5.32 Å². The molecule has 3 rings (SSSR count). The van der Waals surface area contributed by atoms with Gasteiger partial charge >= 0.3 is 5.95 Å². The van der Waals surface area contributed by atoms with Crippen molar-refractivity contribution in [1.29, 1.82) is 0 Å². The smallest absolute Gasteiger partial charge is 0.390 e. The third kappa shape index (κ3) is 6.04. The fraction of sp³-hybridized carbons (Fsp3) is 0.133. The lowest BCUT2D eigenvalue weighted by atomic mass is 10.2. The van der Waals surface area contributed by atoms with Gasteiger partial charge in [0, 0.05) is 6.54 Å². The zero-order valence-corrected chi connectivity index (χ0v) is 13.9. The van der Waals surface area contributed by atoms with Crippen LogP contribution in [0.3, 0.4) is 0 Å². The van der Waals surface area contributed by atoms with Crippen molar-refractivity contribution in [3.8, 4) is 0 Å². The molecule has 12 nitrogen and oxygen atoms in total. The van der Waals surface area contributed by atoms with Crippen LogP contribution >= 0.6 is 0 Å². The molecule has 0 bridgehead atoms. The van der Waals surface area contributed by atoms with E-state index in [2.05, 4.69) is 15.3 Å². The Morgan fingerprint density at radius 2 is 1.85 bits per heavy atom. The summed E-state index contributed by atoms with van der Waals surface area (Å²) in [7, 11) is 0. The quantitative estimate of drug-likeness (QED) is 0.500. The molecule has 0 aliphatic heterocycles. The molecule has 27 heavy (non-hydrogen) atoms. The second-order valence-electron chi connectivity index (χ2n) is 5.06. The molecule has 2 heterocycles. The molecule has 1 aromatic carbocycles. The van der Waals surface area contributed by atoms with Crippen LogP contribution in [0.1, 0.15) is 5.56 Å². The number of nitro groups is 2. The van der Waals surface area contributed by atoms with Crippen molar-refractivity contribution in [2.45, 2.75) is 13.1 Å². The standard InChI is InChI=1S/C12H12N4O3.C3H3N3O2/c17-11(14-8-10-4-2-1-3-5-10)9-15-7-6-13-12(15)16(18)19;7-6(8)5-2-1-4-3-5/h1-7H,8-9H2,(H,14,17);1-3H. The minimum atomic E-state index is -0.621. The lowest BCUT2D eigenvalue weighted by Crippen LogP contribution is -2.27.